The topological polar surface area (TPSA) is 85.5 Å². The smallest absolute Gasteiger partial charge is 0.258 e. The molecule has 1 amide bonds. The summed E-state index contributed by atoms with van der Waals surface area (Å²) in [6, 6.07) is 22.8. The molecule has 0 atom stereocenters. The number of amides is 1. The van der Waals surface area contributed by atoms with E-state index < -0.39 is 0 Å². The van der Waals surface area contributed by atoms with E-state index in [0.717, 1.165) is 84.3 Å². The molecule has 0 spiro atoms. The Bertz CT molecular complexity index is 1430. The van der Waals surface area contributed by atoms with Gasteiger partial charge in [0.1, 0.15) is 0 Å². The number of nitrogens with one attached hydrogen (secondary N) is 3. The van der Waals surface area contributed by atoms with Gasteiger partial charge in [-0.3, -0.25) is 9.89 Å². The molecule has 0 bridgehead atoms. The summed E-state index contributed by atoms with van der Waals surface area (Å²) in [6.45, 7) is 5.48. The van der Waals surface area contributed by atoms with Gasteiger partial charge in [-0.2, -0.15) is 5.10 Å². The highest BCUT2D eigenvalue weighted by Crippen LogP contribution is 2.33. The van der Waals surface area contributed by atoms with Crippen molar-refractivity contribution in [3.63, 3.8) is 0 Å². The fraction of sp³-hybridized carbons (Fsp3) is 0.333. The Morgan fingerprint density at radius 1 is 0.974 bits per heavy atom. The Morgan fingerprint density at radius 3 is 2.56 bits per heavy atom. The van der Waals surface area contributed by atoms with Crippen molar-refractivity contribution >= 4 is 45.8 Å². The standard InChI is InChI=1S/C30H34N6O2S/c1-35-13-15-36(16-14-35)22-7-9-25(28(19-22)31-21-11-17-38-18-12-21)30(37)32-29-26-20-24(8-10-27(26)33-34-29)39-23-5-3-2-4-6-23/h2-10,19-21,31H,11-18H2,1H3,(H2,32,33,34,37). The van der Waals surface area contributed by atoms with Gasteiger partial charge in [-0.25, -0.2) is 0 Å². The zero-order valence-corrected chi connectivity index (χ0v) is 23.0. The molecule has 1 aromatic heterocycles. The number of ether oxygens (including phenoxy) is 1. The molecule has 2 fully saturated rings. The minimum absolute atomic E-state index is 0.177. The predicted molar refractivity (Wildman–Crippen MR) is 158 cm³/mol. The minimum atomic E-state index is -0.177. The quantitative estimate of drug-likeness (QED) is 0.292. The summed E-state index contributed by atoms with van der Waals surface area (Å²) in [7, 11) is 2.16. The van der Waals surface area contributed by atoms with Crippen molar-refractivity contribution < 1.29 is 9.53 Å². The number of carbonyl (C=O) groups excluding carboxylic acids is 1. The number of aromatic nitrogens is 2. The lowest BCUT2D eigenvalue weighted by molar-refractivity contribution is 0.0904. The van der Waals surface area contributed by atoms with Crippen LogP contribution in [0.15, 0.2) is 76.5 Å². The summed E-state index contributed by atoms with van der Waals surface area (Å²) in [5.41, 5.74) is 3.50. The number of likely N-dealkylation sites (N-methyl/N-ethyl adjacent to an activating group) is 1. The van der Waals surface area contributed by atoms with Crippen molar-refractivity contribution in [2.24, 2.45) is 0 Å². The van der Waals surface area contributed by atoms with Gasteiger partial charge in [0, 0.05) is 72.0 Å². The lowest BCUT2D eigenvalue weighted by atomic mass is 10.1. The second-order valence-corrected chi connectivity index (χ2v) is 11.3. The molecule has 4 aromatic rings. The molecular weight excluding hydrogens is 508 g/mol. The molecule has 0 saturated carbocycles. The molecule has 2 aliphatic heterocycles. The molecule has 0 aliphatic carbocycles. The van der Waals surface area contributed by atoms with Crippen molar-refractivity contribution in [1.29, 1.82) is 0 Å². The number of H-pyrrole nitrogens is 1. The number of aromatic amines is 1. The molecular formula is C30H34N6O2S. The van der Waals surface area contributed by atoms with Crippen LogP contribution in [0.1, 0.15) is 23.2 Å². The minimum Gasteiger partial charge on any atom is -0.381 e. The maximum atomic E-state index is 13.7. The second-order valence-electron chi connectivity index (χ2n) is 10.2. The monoisotopic (exact) mass is 542 g/mol. The first-order valence-corrected chi connectivity index (χ1v) is 14.4. The van der Waals surface area contributed by atoms with E-state index >= 15 is 0 Å². The number of nitrogens with zero attached hydrogens (tertiary/aromatic N) is 3. The zero-order valence-electron chi connectivity index (χ0n) is 22.2. The lowest BCUT2D eigenvalue weighted by Crippen LogP contribution is -2.44. The van der Waals surface area contributed by atoms with Gasteiger partial charge in [-0.05, 0) is 68.4 Å². The van der Waals surface area contributed by atoms with Crippen LogP contribution in [0.3, 0.4) is 0 Å². The van der Waals surface area contributed by atoms with E-state index in [4.69, 9.17) is 4.74 Å². The van der Waals surface area contributed by atoms with Crippen molar-refractivity contribution in [3.05, 3.63) is 72.3 Å². The van der Waals surface area contributed by atoms with Crippen LogP contribution in [0.4, 0.5) is 17.2 Å². The number of benzene rings is 3. The number of hydrogen-bond acceptors (Lipinski definition) is 7. The summed E-state index contributed by atoms with van der Waals surface area (Å²) in [5.74, 6) is 0.356. The van der Waals surface area contributed by atoms with Gasteiger partial charge in [0.15, 0.2) is 5.82 Å². The van der Waals surface area contributed by atoms with Crippen molar-refractivity contribution in [2.75, 3.05) is 62.0 Å². The first kappa shape index (κ1) is 25.7. The van der Waals surface area contributed by atoms with E-state index in [-0.39, 0.29) is 11.9 Å². The highest BCUT2D eigenvalue weighted by atomic mass is 32.2. The average molecular weight is 543 g/mol. The average Bonchev–Trinajstić information content (AvgIpc) is 3.36. The molecule has 3 aromatic carbocycles. The summed E-state index contributed by atoms with van der Waals surface area (Å²) < 4.78 is 5.56. The lowest BCUT2D eigenvalue weighted by Gasteiger charge is -2.34. The fourth-order valence-electron chi connectivity index (χ4n) is 5.12. The number of fused-ring (bicyclic) bond motifs is 1. The number of carbonyl (C=O) groups is 1. The van der Waals surface area contributed by atoms with E-state index in [2.05, 4.69) is 74.1 Å². The van der Waals surface area contributed by atoms with Gasteiger partial charge in [0.2, 0.25) is 0 Å². The highest BCUT2D eigenvalue weighted by molar-refractivity contribution is 7.99. The first-order valence-electron chi connectivity index (χ1n) is 13.6. The third-order valence-electron chi connectivity index (χ3n) is 7.44. The normalized spacial score (nSPS) is 16.9. The Morgan fingerprint density at radius 2 is 1.77 bits per heavy atom. The number of hydrogen-bond donors (Lipinski definition) is 3. The Kier molecular flexibility index (Phi) is 7.71. The fourth-order valence-corrected chi connectivity index (χ4v) is 6.00. The Balaban J connectivity index is 1.25. The molecule has 0 unspecified atom stereocenters. The van der Waals surface area contributed by atoms with Gasteiger partial charge >= 0.3 is 0 Å². The van der Waals surface area contributed by atoms with Crippen molar-refractivity contribution in [3.8, 4) is 0 Å². The molecule has 39 heavy (non-hydrogen) atoms. The SMILES string of the molecule is CN1CCN(c2ccc(C(=O)Nc3n[nH]c4ccc(Sc5ccccc5)cc34)c(NC3CCOCC3)c2)CC1. The van der Waals surface area contributed by atoms with Crippen LogP contribution >= 0.6 is 11.8 Å². The largest absolute Gasteiger partial charge is 0.381 e. The molecule has 2 aliphatic rings. The zero-order chi connectivity index (χ0) is 26.6. The van der Waals surface area contributed by atoms with Crippen LogP contribution in [0.25, 0.3) is 10.9 Å². The predicted octanol–water partition coefficient (Wildman–Crippen LogP) is 5.31. The van der Waals surface area contributed by atoms with Gasteiger partial charge in [0.05, 0.1) is 11.1 Å². The van der Waals surface area contributed by atoms with Crippen LogP contribution in [-0.4, -0.2) is 73.5 Å². The third-order valence-corrected chi connectivity index (χ3v) is 8.44. The second kappa shape index (κ2) is 11.7. The Labute approximate surface area is 233 Å². The van der Waals surface area contributed by atoms with Crippen molar-refractivity contribution in [2.45, 2.75) is 28.7 Å². The maximum Gasteiger partial charge on any atom is 0.258 e. The van der Waals surface area contributed by atoms with Crippen LogP contribution in [0.2, 0.25) is 0 Å². The molecule has 8 nitrogen and oxygen atoms in total. The van der Waals surface area contributed by atoms with E-state index in [1.807, 2.05) is 30.3 Å². The summed E-state index contributed by atoms with van der Waals surface area (Å²) in [6.07, 6.45) is 1.84. The number of rotatable bonds is 7. The first-order chi connectivity index (χ1) is 19.1. The van der Waals surface area contributed by atoms with Crippen molar-refractivity contribution in [1.82, 2.24) is 15.1 Å². The van der Waals surface area contributed by atoms with Gasteiger partial charge in [0.25, 0.3) is 5.91 Å². The van der Waals surface area contributed by atoms with E-state index in [1.54, 1.807) is 11.8 Å². The molecule has 6 rings (SSSR count). The molecule has 202 valence electrons. The van der Waals surface area contributed by atoms with E-state index in [0.29, 0.717) is 11.4 Å². The molecule has 0 radical (unpaired) electrons. The van der Waals surface area contributed by atoms with Crippen LogP contribution in [0.5, 0.6) is 0 Å². The molecule has 3 N–H and O–H groups in total. The number of piperazine rings is 1. The maximum absolute atomic E-state index is 13.7. The molecule has 3 heterocycles. The number of anilines is 3. The van der Waals surface area contributed by atoms with E-state index in [1.165, 1.54) is 0 Å². The third kappa shape index (κ3) is 6.06. The summed E-state index contributed by atoms with van der Waals surface area (Å²) in [4.78, 5) is 20.7. The van der Waals surface area contributed by atoms with Gasteiger partial charge in [-0.1, -0.05) is 30.0 Å². The van der Waals surface area contributed by atoms with E-state index in [9.17, 15) is 4.79 Å². The van der Waals surface area contributed by atoms with Crippen LogP contribution < -0.4 is 15.5 Å². The Hall–Kier alpha value is -3.53. The summed E-state index contributed by atoms with van der Waals surface area (Å²) >= 11 is 1.68. The van der Waals surface area contributed by atoms with Crippen LogP contribution in [-0.2, 0) is 4.74 Å². The van der Waals surface area contributed by atoms with Crippen LogP contribution in [0, 0.1) is 0 Å². The highest BCUT2D eigenvalue weighted by Gasteiger charge is 2.22. The molecule has 2 saturated heterocycles. The van der Waals surface area contributed by atoms with Gasteiger partial charge in [-0.15, -0.1) is 0 Å². The van der Waals surface area contributed by atoms with Gasteiger partial charge < -0.3 is 25.2 Å². The molecule has 9 heteroatoms. The summed E-state index contributed by atoms with van der Waals surface area (Å²) in [5, 5.41) is 15.1.